The predicted octanol–water partition coefficient (Wildman–Crippen LogP) is 1.81. The van der Waals surface area contributed by atoms with E-state index in [0.29, 0.717) is 26.3 Å². The fourth-order valence-electron chi connectivity index (χ4n) is 3.18. The number of halogens is 3. The molecule has 8 nitrogen and oxygen atoms in total. The fourth-order valence-corrected chi connectivity index (χ4v) is 4.02. The molecule has 3 rings (SSSR count). The number of hydrogen-bond acceptors (Lipinski definition) is 6. The molecule has 1 atom stereocenters. The normalized spacial score (nSPS) is 22.1. The lowest BCUT2D eigenvalue weighted by Gasteiger charge is -2.37. The zero-order valence-corrected chi connectivity index (χ0v) is 16.6. The highest BCUT2D eigenvalue weighted by Crippen LogP contribution is 2.37. The third-order valence-electron chi connectivity index (χ3n) is 4.76. The summed E-state index contributed by atoms with van der Waals surface area (Å²) in [5.41, 5.74) is 0.896. The maximum Gasteiger partial charge on any atom is 0.490 e. The first-order valence-electron chi connectivity index (χ1n) is 8.81. The number of aromatic nitrogens is 1. The third kappa shape index (κ3) is 7.21. The number of hydrogen-bond donors (Lipinski definition) is 1. The van der Waals surface area contributed by atoms with E-state index in [1.165, 1.54) is 10.6 Å². The van der Waals surface area contributed by atoms with Crippen molar-refractivity contribution in [2.75, 3.05) is 26.0 Å². The molecule has 0 aliphatic carbocycles. The molecule has 1 N–H and O–H groups in total. The molecule has 0 aromatic carbocycles. The van der Waals surface area contributed by atoms with E-state index < -0.39 is 22.2 Å². The van der Waals surface area contributed by atoms with Crippen molar-refractivity contribution in [1.82, 2.24) is 9.29 Å². The average Bonchev–Trinajstić information content (AvgIpc) is 3.03. The van der Waals surface area contributed by atoms with Gasteiger partial charge in [0.1, 0.15) is 0 Å². The van der Waals surface area contributed by atoms with Crippen LogP contribution in [-0.4, -0.2) is 72.6 Å². The summed E-state index contributed by atoms with van der Waals surface area (Å²) < 4.78 is 68.3. The van der Waals surface area contributed by atoms with Crippen LogP contribution >= 0.6 is 0 Å². The van der Waals surface area contributed by atoms with Crippen LogP contribution in [0.15, 0.2) is 24.5 Å². The van der Waals surface area contributed by atoms with Gasteiger partial charge in [0.25, 0.3) is 0 Å². The maximum atomic E-state index is 11.6. The topological polar surface area (TPSA) is 106 Å². The number of rotatable bonds is 4. The number of pyridine rings is 1. The fraction of sp³-hybridized carbons (Fsp3) is 0.647. The van der Waals surface area contributed by atoms with Gasteiger partial charge < -0.3 is 14.6 Å². The second kappa shape index (κ2) is 9.37. The molecule has 2 aliphatic heterocycles. The Morgan fingerprint density at radius 1 is 1.34 bits per heavy atom. The Labute approximate surface area is 166 Å². The maximum absolute atomic E-state index is 11.6. The largest absolute Gasteiger partial charge is 0.490 e. The van der Waals surface area contributed by atoms with Gasteiger partial charge in [-0.3, -0.25) is 4.98 Å². The van der Waals surface area contributed by atoms with Crippen LogP contribution in [0, 0.1) is 0 Å². The van der Waals surface area contributed by atoms with Crippen LogP contribution < -0.4 is 0 Å². The van der Waals surface area contributed by atoms with Gasteiger partial charge in [0, 0.05) is 31.9 Å². The van der Waals surface area contributed by atoms with Gasteiger partial charge in [-0.2, -0.15) is 13.2 Å². The number of carboxylic acid groups (broad SMARTS) is 1. The van der Waals surface area contributed by atoms with Gasteiger partial charge in [0.2, 0.25) is 10.0 Å². The van der Waals surface area contributed by atoms with Crippen LogP contribution in [0.2, 0.25) is 0 Å². The summed E-state index contributed by atoms with van der Waals surface area (Å²) in [7, 11) is -3.09. The SMILES string of the molecule is CS(=O)(=O)N1CCC2(CC1)CC(OCc1ccncc1)CO2.O=C(O)C(F)(F)F. The van der Waals surface area contributed by atoms with E-state index in [2.05, 4.69) is 4.98 Å². The second-order valence-electron chi connectivity index (χ2n) is 6.95. The van der Waals surface area contributed by atoms with E-state index in [9.17, 15) is 21.6 Å². The van der Waals surface area contributed by atoms with Crippen molar-refractivity contribution in [3.8, 4) is 0 Å². The van der Waals surface area contributed by atoms with E-state index in [4.69, 9.17) is 19.4 Å². The molecule has 2 fully saturated rings. The van der Waals surface area contributed by atoms with Crippen molar-refractivity contribution in [1.29, 1.82) is 0 Å². The zero-order valence-electron chi connectivity index (χ0n) is 15.8. The second-order valence-corrected chi connectivity index (χ2v) is 8.93. The van der Waals surface area contributed by atoms with Crippen molar-refractivity contribution < 1.29 is 41.0 Å². The highest BCUT2D eigenvalue weighted by Gasteiger charge is 2.44. The van der Waals surface area contributed by atoms with Crippen molar-refractivity contribution in [2.24, 2.45) is 0 Å². The number of carboxylic acids is 1. The summed E-state index contributed by atoms with van der Waals surface area (Å²) in [4.78, 5) is 12.9. The Bertz CT molecular complexity index is 780. The minimum atomic E-state index is -5.08. The number of ether oxygens (including phenoxy) is 2. The number of alkyl halides is 3. The van der Waals surface area contributed by atoms with Gasteiger partial charge in [-0.05, 0) is 30.5 Å². The van der Waals surface area contributed by atoms with Crippen molar-refractivity contribution >= 4 is 16.0 Å². The Balaban J connectivity index is 0.000000370. The van der Waals surface area contributed by atoms with Crippen LogP contribution in [0.3, 0.4) is 0 Å². The molecule has 1 aromatic heterocycles. The van der Waals surface area contributed by atoms with Crippen molar-refractivity contribution in [3.63, 3.8) is 0 Å². The highest BCUT2D eigenvalue weighted by atomic mass is 32.2. The molecular weight excluding hydrogens is 417 g/mol. The molecule has 2 aliphatic rings. The molecule has 2 saturated heterocycles. The first-order valence-corrected chi connectivity index (χ1v) is 10.7. The van der Waals surface area contributed by atoms with E-state index in [1.807, 2.05) is 12.1 Å². The molecule has 1 aromatic rings. The summed E-state index contributed by atoms with van der Waals surface area (Å²) in [6.07, 6.45) is 2.11. The van der Waals surface area contributed by atoms with Gasteiger partial charge in [-0.1, -0.05) is 0 Å². The smallest absolute Gasteiger partial charge is 0.475 e. The van der Waals surface area contributed by atoms with Crippen LogP contribution in [0.25, 0.3) is 0 Å². The summed E-state index contributed by atoms with van der Waals surface area (Å²) in [5, 5.41) is 7.12. The first kappa shape index (κ1) is 23.5. The molecular formula is C17H23F3N2O6S. The van der Waals surface area contributed by atoms with Crippen LogP contribution in [0.5, 0.6) is 0 Å². The minimum absolute atomic E-state index is 0.0814. The summed E-state index contributed by atoms with van der Waals surface area (Å²) in [6, 6.07) is 3.88. The van der Waals surface area contributed by atoms with Crippen molar-refractivity contribution in [3.05, 3.63) is 30.1 Å². The monoisotopic (exact) mass is 440 g/mol. The molecule has 1 spiro atoms. The quantitative estimate of drug-likeness (QED) is 0.761. The lowest BCUT2D eigenvalue weighted by atomic mass is 9.89. The van der Waals surface area contributed by atoms with E-state index in [1.54, 1.807) is 12.4 Å². The number of aliphatic carboxylic acids is 1. The molecule has 12 heteroatoms. The van der Waals surface area contributed by atoms with Gasteiger partial charge in [0.05, 0.1) is 31.2 Å². The van der Waals surface area contributed by atoms with Gasteiger partial charge in [-0.25, -0.2) is 17.5 Å². The summed E-state index contributed by atoms with van der Waals surface area (Å²) in [5.74, 6) is -2.76. The average molecular weight is 440 g/mol. The van der Waals surface area contributed by atoms with Crippen LogP contribution in [0.4, 0.5) is 13.2 Å². The molecule has 0 amide bonds. The molecule has 1 unspecified atom stereocenters. The molecule has 29 heavy (non-hydrogen) atoms. The Morgan fingerprint density at radius 2 is 1.90 bits per heavy atom. The van der Waals surface area contributed by atoms with Gasteiger partial charge in [0.15, 0.2) is 0 Å². The number of nitrogens with zero attached hydrogens (tertiary/aromatic N) is 2. The highest BCUT2D eigenvalue weighted by molar-refractivity contribution is 7.88. The van der Waals surface area contributed by atoms with E-state index in [0.717, 1.165) is 24.8 Å². The lowest BCUT2D eigenvalue weighted by molar-refractivity contribution is -0.192. The minimum Gasteiger partial charge on any atom is -0.475 e. The molecule has 0 saturated carbocycles. The Hall–Kier alpha value is -1.76. The van der Waals surface area contributed by atoms with E-state index in [-0.39, 0.29) is 11.7 Å². The first-order chi connectivity index (χ1) is 13.4. The van der Waals surface area contributed by atoms with Crippen molar-refractivity contribution in [2.45, 2.75) is 43.8 Å². The third-order valence-corrected chi connectivity index (χ3v) is 6.06. The molecule has 0 bridgehead atoms. The van der Waals surface area contributed by atoms with Gasteiger partial charge in [-0.15, -0.1) is 0 Å². The standard InChI is InChI=1S/C15H22N2O4S.C2HF3O2/c1-22(18,19)17-8-4-15(5-9-17)10-14(12-21-15)20-11-13-2-6-16-7-3-13;3-2(4,5)1(6)7/h2-3,6-7,14H,4-5,8-12H2,1H3;(H,6,7). The zero-order chi connectivity index (χ0) is 21.7. The molecule has 0 radical (unpaired) electrons. The van der Waals surface area contributed by atoms with Crippen LogP contribution in [-0.2, 0) is 30.9 Å². The number of piperidine rings is 1. The Morgan fingerprint density at radius 3 is 2.38 bits per heavy atom. The Kier molecular flexibility index (Phi) is 7.60. The van der Waals surface area contributed by atoms with E-state index >= 15 is 0 Å². The summed E-state index contributed by atoms with van der Waals surface area (Å²) in [6.45, 7) is 2.22. The molecule has 3 heterocycles. The molecule has 164 valence electrons. The van der Waals surface area contributed by atoms with Crippen LogP contribution in [0.1, 0.15) is 24.8 Å². The predicted molar refractivity (Wildman–Crippen MR) is 95.5 cm³/mol. The lowest BCUT2D eigenvalue weighted by Crippen LogP contribution is -2.46. The summed E-state index contributed by atoms with van der Waals surface area (Å²) >= 11 is 0. The van der Waals surface area contributed by atoms with Gasteiger partial charge >= 0.3 is 12.1 Å². The number of carbonyl (C=O) groups is 1. The number of sulfonamides is 1.